The summed E-state index contributed by atoms with van der Waals surface area (Å²) in [6.07, 6.45) is 1.21. The number of aromatic nitrogens is 2. The molecule has 0 radical (unpaired) electrons. The van der Waals surface area contributed by atoms with Gasteiger partial charge in [-0.25, -0.2) is 4.79 Å². The van der Waals surface area contributed by atoms with Crippen molar-refractivity contribution in [3.8, 4) is 0 Å². The van der Waals surface area contributed by atoms with Crippen molar-refractivity contribution in [2.24, 2.45) is 5.92 Å². The average molecular weight is 250 g/mol. The lowest BCUT2D eigenvalue weighted by Crippen LogP contribution is -2.19. The predicted molar refractivity (Wildman–Crippen MR) is 67.5 cm³/mol. The number of likely N-dealkylation sites (tertiary alicyclic amines) is 1. The standard InChI is InChI=1S/C12H18N4O2/c1-16-6-5-9(8-16)7-13-11-4-3-10(14-15-11)12(17)18-2/h3-4,9H,5-8H2,1-2H3,(H,13,15). The summed E-state index contributed by atoms with van der Waals surface area (Å²) in [6.45, 7) is 3.15. The van der Waals surface area contributed by atoms with Crippen LogP contribution in [0.3, 0.4) is 0 Å². The molecule has 6 nitrogen and oxygen atoms in total. The van der Waals surface area contributed by atoms with E-state index in [-0.39, 0.29) is 5.69 Å². The summed E-state index contributed by atoms with van der Waals surface area (Å²) in [6, 6.07) is 3.36. The molecular formula is C12H18N4O2. The summed E-state index contributed by atoms with van der Waals surface area (Å²) in [5, 5.41) is 11.0. The van der Waals surface area contributed by atoms with Crippen molar-refractivity contribution in [2.45, 2.75) is 6.42 Å². The van der Waals surface area contributed by atoms with E-state index in [1.54, 1.807) is 12.1 Å². The molecule has 0 saturated carbocycles. The third-order valence-corrected chi connectivity index (χ3v) is 3.12. The van der Waals surface area contributed by atoms with Crippen molar-refractivity contribution >= 4 is 11.8 Å². The minimum atomic E-state index is -0.466. The van der Waals surface area contributed by atoms with Gasteiger partial charge in [0.05, 0.1) is 7.11 Å². The van der Waals surface area contributed by atoms with Gasteiger partial charge in [0.15, 0.2) is 5.69 Å². The average Bonchev–Trinajstić information content (AvgIpc) is 2.82. The SMILES string of the molecule is COC(=O)c1ccc(NCC2CCN(C)C2)nn1. The summed E-state index contributed by atoms with van der Waals surface area (Å²) in [5.41, 5.74) is 0.226. The van der Waals surface area contributed by atoms with Crippen LogP contribution in [-0.2, 0) is 4.74 Å². The van der Waals surface area contributed by atoms with E-state index < -0.39 is 5.97 Å². The topological polar surface area (TPSA) is 67.3 Å². The number of ether oxygens (including phenoxy) is 1. The second-order valence-electron chi connectivity index (χ2n) is 4.59. The van der Waals surface area contributed by atoms with E-state index >= 15 is 0 Å². The second kappa shape index (κ2) is 5.77. The first-order valence-electron chi connectivity index (χ1n) is 6.03. The van der Waals surface area contributed by atoms with E-state index in [9.17, 15) is 4.79 Å². The molecule has 1 saturated heterocycles. The van der Waals surface area contributed by atoms with Crippen LogP contribution in [0.5, 0.6) is 0 Å². The van der Waals surface area contributed by atoms with Crippen LogP contribution in [0.25, 0.3) is 0 Å². The summed E-state index contributed by atoms with van der Waals surface area (Å²) in [7, 11) is 3.46. The molecule has 0 amide bonds. The Labute approximate surface area is 106 Å². The molecule has 1 atom stereocenters. The van der Waals surface area contributed by atoms with Crippen LogP contribution >= 0.6 is 0 Å². The van der Waals surface area contributed by atoms with Gasteiger partial charge in [0.25, 0.3) is 0 Å². The highest BCUT2D eigenvalue weighted by atomic mass is 16.5. The molecule has 18 heavy (non-hydrogen) atoms. The highest BCUT2D eigenvalue weighted by Gasteiger charge is 2.19. The predicted octanol–water partition coefficient (Wildman–Crippen LogP) is 0.627. The maximum absolute atomic E-state index is 11.2. The molecule has 1 N–H and O–H groups in total. The molecule has 2 heterocycles. The van der Waals surface area contributed by atoms with Crippen LogP contribution in [0.2, 0.25) is 0 Å². The normalized spacial score (nSPS) is 19.8. The lowest BCUT2D eigenvalue weighted by atomic mass is 10.1. The van der Waals surface area contributed by atoms with E-state index in [0.29, 0.717) is 11.7 Å². The monoisotopic (exact) mass is 250 g/mol. The quantitative estimate of drug-likeness (QED) is 0.790. The summed E-state index contributed by atoms with van der Waals surface area (Å²) >= 11 is 0. The molecule has 98 valence electrons. The molecule has 0 aliphatic carbocycles. The van der Waals surface area contributed by atoms with Crippen LogP contribution < -0.4 is 5.32 Å². The van der Waals surface area contributed by atoms with E-state index in [1.165, 1.54) is 13.5 Å². The van der Waals surface area contributed by atoms with Crippen LogP contribution in [0.15, 0.2) is 12.1 Å². The third kappa shape index (κ3) is 3.16. The Bertz CT molecular complexity index is 407. The number of hydrogen-bond acceptors (Lipinski definition) is 6. The van der Waals surface area contributed by atoms with Gasteiger partial charge in [-0.1, -0.05) is 0 Å². The molecule has 1 aliphatic rings. The Morgan fingerprint density at radius 1 is 1.56 bits per heavy atom. The summed E-state index contributed by atoms with van der Waals surface area (Å²) in [5.74, 6) is 0.876. The molecule has 1 aromatic rings. The zero-order valence-electron chi connectivity index (χ0n) is 10.7. The number of rotatable bonds is 4. The van der Waals surface area contributed by atoms with Gasteiger partial charge >= 0.3 is 5.97 Å². The maximum atomic E-state index is 11.2. The van der Waals surface area contributed by atoms with Crippen molar-refractivity contribution in [3.05, 3.63) is 17.8 Å². The van der Waals surface area contributed by atoms with E-state index in [2.05, 4.69) is 32.2 Å². The number of hydrogen-bond donors (Lipinski definition) is 1. The number of nitrogens with zero attached hydrogens (tertiary/aromatic N) is 3. The number of nitrogens with one attached hydrogen (secondary N) is 1. The minimum Gasteiger partial charge on any atom is -0.464 e. The maximum Gasteiger partial charge on any atom is 0.358 e. The first-order valence-corrected chi connectivity index (χ1v) is 6.03. The van der Waals surface area contributed by atoms with Crippen molar-refractivity contribution in [2.75, 3.05) is 39.1 Å². The Kier molecular flexibility index (Phi) is 4.09. The Hall–Kier alpha value is -1.69. The molecule has 0 aromatic carbocycles. The third-order valence-electron chi connectivity index (χ3n) is 3.12. The number of esters is 1. The molecule has 0 spiro atoms. The van der Waals surface area contributed by atoms with Crippen LogP contribution in [-0.4, -0.2) is 54.9 Å². The van der Waals surface area contributed by atoms with E-state index in [4.69, 9.17) is 0 Å². The summed E-state index contributed by atoms with van der Waals surface area (Å²) < 4.78 is 4.56. The minimum absolute atomic E-state index is 0.226. The number of carbonyl (C=O) groups is 1. The number of methoxy groups -OCH3 is 1. The molecule has 1 fully saturated rings. The number of anilines is 1. The number of carbonyl (C=O) groups excluding carboxylic acids is 1. The van der Waals surface area contributed by atoms with Gasteiger partial charge in [-0.3, -0.25) is 0 Å². The smallest absolute Gasteiger partial charge is 0.358 e. The van der Waals surface area contributed by atoms with Crippen LogP contribution in [0.1, 0.15) is 16.9 Å². The summed E-state index contributed by atoms with van der Waals surface area (Å²) in [4.78, 5) is 13.5. The van der Waals surface area contributed by atoms with Crippen molar-refractivity contribution < 1.29 is 9.53 Å². The molecule has 1 aliphatic heterocycles. The Morgan fingerprint density at radius 3 is 2.94 bits per heavy atom. The highest BCUT2D eigenvalue weighted by molar-refractivity contribution is 5.86. The van der Waals surface area contributed by atoms with Gasteiger partial charge < -0.3 is 15.0 Å². The highest BCUT2D eigenvalue weighted by Crippen LogP contribution is 2.14. The molecular weight excluding hydrogens is 232 g/mol. The van der Waals surface area contributed by atoms with Crippen molar-refractivity contribution in [1.29, 1.82) is 0 Å². The van der Waals surface area contributed by atoms with Crippen LogP contribution in [0.4, 0.5) is 5.82 Å². The largest absolute Gasteiger partial charge is 0.464 e. The van der Waals surface area contributed by atoms with Crippen molar-refractivity contribution in [3.63, 3.8) is 0 Å². The van der Waals surface area contributed by atoms with Gasteiger partial charge in [-0.2, -0.15) is 0 Å². The molecule has 0 bridgehead atoms. The van der Waals surface area contributed by atoms with Crippen molar-refractivity contribution in [1.82, 2.24) is 15.1 Å². The lowest BCUT2D eigenvalue weighted by molar-refractivity contribution is 0.0593. The molecule has 1 unspecified atom stereocenters. The molecule has 2 rings (SSSR count). The van der Waals surface area contributed by atoms with Crippen LogP contribution in [0, 0.1) is 5.92 Å². The first kappa shape index (κ1) is 12.8. The van der Waals surface area contributed by atoms with Gasteiger partial charge in [-0.05, 0) is 38.1 Å². The zero-order valence-corrected chi connectivity index (χ0v) is 10.7. The fraction of sp³-hybridized carbons (Fsp3) is 0.583. The first-order chi connectivity index (χ1) is 8.69. The molecule has 1 aromatic heterocycles. The van der Waals surface area contributed by atoms with Gasteiger partial charge in [0, 0.05) is 13.1 Å². The fourth-order valence-corrected chi connectivity index (χ4v) is 2.08. The lowest BCUT2D eigenvalue weighted by Gasteiger charge is -2.11. The Balaban J connectivity index is 1.85. The van der Waals surface area contributed by atoms with E-state index in [0.717, 1.165) is 19.6 Å². The van der Waals surface area contributed by atoms with Gasteiger partial charge in [-0.15, -0.1) is 10.2 Å². The fourth-order valence-electron chi connectivity index (χ4n) is 2.08. The zero-order chi connectivity index (χ0) is 13.0. The second-order valence-corrected chi connectivity index (χ2v) is 4.59. The van der Waals surface area contributed by atoms with Gasteiger partial charge in [0.1, 0.15) is 5.82 Å². The van der Waals surface area contributed by atoms with E-state index in [1.807, 2.05) is 0 Å². The Morgan fingerprint density at radius 2 is 2.39 bits per heavy atom. The molecule has 6 heteroatoms. The van der Waals surface area contributed by atoms with Gasteiger partial charge in [0.2, 0.25) is 0 Å².